The van der Waals surface area contributed by atoms with Crippen molar-refractivity contribution in [2.24, 2.45) is 10.9 Å². The van der Waals surface area contributed by atoms with E-state index in [1.54, 1.807) is 0 Å². The Morgan fingerprint density at radius 2 is 1.54 bits per heavy atom. The predicted octanol–water partition coefficient (Wildman–Crippen LogP) is 9.71. The summed E-state index contributed by atoms with van der Waals surface area (Å²) < 4.78 is 2.63. The lowest BCUT2D eigenvalue weighted by atomic mass is 9.96. The fourth-order valence-corrected chi connectivity index (χ4v) is 7.20. The highest BCUT2D eigenvalue weighted by molar-refractivity contribution is 7.25. The van der Waals surface area contributed by atoms with Gasteiger partial charge in [-0.05, 0) is 63.7 Å². The van der Waals surface area contributed by atoms with Gasteiger partial charge in [0.25, 0.3) is 0 Å². The van der Waals surface area contributed by atoms with Crippen molar-refractivity contribution in [2.45, 2.75) is 40.0 Å². The normalized spacial score (nSPS) is 13.6. The molecule has 1 aliphatic rings. The largest absolute Gasteiger partial charge is 0.341 e. The van der Waals surface area contributed by atoms with Gasteiger partial charge >= 0.3 is 0 Å². The molecule has 39 heavy (non-hydrogen) atoms. The number of rotatable bonds is 3. The third-order valence-corrected chi connectivity index (χ3v) is 9.35. The lowest BCUT2D eigenvalue weighted by Gasteiger charge is -2.09. The summed E-state index contributed by atoms with van der Waals surface area (Å²) in [6.45, 7) is 8.81. The van der Waals surface area contributed by atoms with E-state index in [9.17, 15) is 0 Å². The number of aliphatic imine (C=N–C) groups is 1. The fraction of sp³-hybridized carbons (Fsp3) is 0.206. The van der Waals surface area contributed by atoms with Crippen LogP contribution in [0.2, 0.25) is 0 Å². The standard InChI is InChI=1S/C34H28N4S/c1-17(2)28-13-21-12-26-23-7-5-20(14-30(23)39-31(26)15-29(21)36-28)19-6-8-24-25(11-19)22-9-10-35-16-27(22)33-32(24)37-34(38-33)18(3)4/h5-12,14-18H,13H2,1-4H3,(H,37,38). The summed E-state index contributed by atoms with van der Waals surface area (Å²) in [6, 6.07) is 20.5. The van der Waals surface area contributed by atoms with Gasteiger partial charge in [-0.15, -0.1) is 11.3 Å². The average molecular weight is 525 g/mol. The maximum Gasteiger partial charge on any atom is 0.109 e. The molecule has 7 aromatic rings. The molecule has 0 saturated carbocycles. The molecule has 0 fully saturated rings. The van der Waals surface area contributed by atoms with Gasteiger partial charge in [0.15, 0.2) is 0 Å². The van der Waals surface area contributed by atoms with Crippen LogP contribution < -0.4 is 0 Å². The van der Waals surface area contributed by atoms with Crippen molar-refractivity contribution in [3.05, 3.63) is 78.4 Å². The number of imidazole rings is 1. The SMILES string of the molecule is CC(C)C1=Nc2cc3sc4cc(-c5ccc6c(c5)c5ccncc5c5nc(C(C)C)[nH]c65)ccc4c3cc2C1. The van der Waals surface area contributed by atoms with Crippen molar-refractivity contribution in [3.63, 3.8) is 0 Å². The molecule has 4 aromatic carbocycles. The summed E-state index contributed by atoms with van der Waals surface area (Å²) in [4.78, 5) is 17.9. The molecule has 3 aromatic heterocycles. The van der Waals surface area contributed by atoms with Crippen LogP contribution in [0.1, 0.15) is 45.0 Å². The maximum absolute atomic E-state index is 4.96. The minimum atomic E-state index is 0.330. The molecule has 0 spiro atoms. The molecule has 1 N–H and O–H groups in total. The number of hydrogen-bond acceptors (Lipinski definition) is 4. The first-order chi connectivity index (χ1) is 18.9. The molecule has 1 aliphatic heterocycles. The van der Waals surface area contributed by atoms with Gasteiger partial charge in [-0.2, -0.15) is 0 Å². The summed E-state index contributed by atoms with van der Waals surface area (Å²) in [5.74, 6) is 1.84. The summed E-state index contributed by atoms with van der Waals surface area (Å²) >= 11 is 1.87. The smallest absolute Gasteiger partial charge is 0.109 e. The summed E-state index contributed by atoms with van der Waals surface area (Å²) in [7, 11) is 0. The predicted molar refractivity (Wildman–Crippen MR) is 167 cm³/mol. The Balaban J connectivity index is 1.30. The maximum atomic E-state index is 4.96. The van der Waals surface area contributed by atoms with Gasteiger partial charge in [-0.3, -0.25) is 9.98 Å². The Morgan fingerprint density at radius 3 is 2.36 bits per heavy atom. The number of aromatic nitrogens is 3. The summed E-state index contributed by atoms with van der Waals surface area (Å²) in [6.07, 6.45) is 4.80. The number of nitrogens with zero attached hydrogens (tertiary/aromatic N) is 3. The van der Waals surface area contributed by atoms with Gasteiger partial charge in [0.1, 0.15) is 5.82 Å². The lowest BCUT2D eigenvalue weighted by molar-refractivity contribution is 0.799. The van der Waals surface area contributed by atoms with Crippen molar-refractivity contribution in [3.8, 4) is 11.1 Å². The molecule has 0 bridgehead atoms. The second-order valence-electron chi connectivity index (χ2n) is 11.4. The minimum absolute atomic E-state index is 0.330. The van der Waals surface area contributed by atoms with Gasteiger partial charge in [-0.1, -0.05) is 52.0 Å². The van der Waals surface area contributed by atoms with Crippen molar-refractivity contribution in [1.29, 1.82) is 0 Å². The number of thiophene rings is 1. The van der Waals surface area contributed by atoms with Crippen LogP contribution in [-0.4, -0.2) is 20.7 Å². The average Bonchev–Trinajstić information content (AvgIpc) is 3.66. The lowest BCUT2D eigenvalue weighted by Crippen LogP contribution is -2.06. The van der Waals surface area contributed by atoms with E-state index in [0.717, 1.165) is 34.4 Å². The van der Waals surface area contributed by atoms with Crippen molar-refractivity contribution >= 4 is 75.5 Å². The minimum Gasteiger partial charge on any atom is -0.341 e. The van der Waals surface area contributed by atoms with Gasteiger partial charge in [-0.25, -0.2) is 4.98 Å². The van der Waals surface area contributed by atoms with Gasteiger partial charge in [0.2, 0.25) is 0 Å². The molecule has 0 atom stereocenters. The number of hydrogen-bond donors (Lipinski definition) is 1. The number of fused-ring (bicyclic) bond motifs is 10. The molecule has 0 aliphatic carbocycles. The van der Waals surface area contributed by atoms with Crippen molar-refractivity contribution in [2.75, 3.05) is 0 Å². The number of H-pyrrole nitrogens is 1. The fourth-order valence-electron chi connectivity index (χ4n) is 6.04. The topological polar surface area (TPSA) is 53.9 Å². The number of nitrogens with one attached hydrogen (secondary N) is 1. The van der Waals surface area contributed by atoms with E-state index < -0.39 is 0 Å². The van der Waals surface area contributed by atoms with Gasteiger partial charge < -0.3 is 4.98 Å². The molecule has 4 nitrogen and oxygen atoms in total. The van der Waals surface area contributed by atoms with Crippen LogP contribution in [-0.2, 0) is 6.42 Å². The van der Waals surface area contributed by atoms with Crippen LogP contribution in [0.15, 0.2) is 72.0 Å². The molecule has 8 rings (SSSR count). The first-order valence-corrected chi connectivity index (χ1v) is 14.5. The van der Waals surface area contributed by atoms with Crippen LogP contribution in [0.5, 0.6) is 0 Å². The van der Waals surface area contributed by atoms with Gasteiger partial charge in [0, 0.05) is 61.4 Å². The van der Waals surface area contributed by atoms with E-state index in [1.165, 1.54) is 58.7 Å². The summed E-state index contributed by atoms with van der Waals surface area (Å²) in [5.41, 5.74) is 8.36. The zero-order chi connectivity index (χ0) is 26.4. The number of aromatic amines is 1. The second kappa shape index (κ2) is 8.20. The Hall–Kier alpha value is -4.09. The van der Waals surface area contributed by atoms with Crippen LogP contribution >= 0.6 is 11.3 Å². The highest BCUT2D eigenvalue weighted by Gasteiger charge is 2.20. The highest BCUT2D eigenvalue weighted by Crippen LogP contribution is 2.42. The van der Waals surface area contributed by atoms with Crippen LogP contribution in [0.25, 0.3) is 63.9 Å². The second-order valence-corrected chi connectivity index (χ2v) is 12.5. The zero-order valence-corrected chi connectivity index (χ0v) is 23.3. The van der Waals surface area contributed by atoms with Crippen LogP contribution in [0.4, 0.5) is 5.69 Å². The third-order valence-electron chi connectivity index (χ3n) is 8.23. The molecule has 0 amide bonds. The first-order valence-electron chi connectivity index (χ1n) is 13.7. The van der Waals surface area contributed by atoms with E-state index >= 15 is 0 Å². The molecular formula is C34H28N4S. The molecular weight excluding hydrogens is 496 g/mol. The van der Waals surface area contributed by atoms with E-state index in [2.05, 4.69) is 92.3 Å². The van der Waals surface area contributed by atoms with E-state index in [4.69, 9.17) is 9.98 Å². The monoisotopic (exact) mass is 524 g/mol. The Labute approximate surface area is 230 Å². The molecule has 0 unspecified atom stereocenters. The van der Waals surface area contributed by atoms with Crippen molar-refractivity contribution < 1.29 is 0 Å². The number of pyridine rings is 1. The molecule has 5 heteroatoms. The Bertz CT molecular complexity index is 2160. The van der Waals surface area contributed by atoms with E-state index in [0.29, 0.717) is 11.8 Å². The Morgan fingerprint density at radius 1 is 0.744 bits per heavy atom. The molecule has 0 saturated heterocycles. The number of benzene rings is 4. The zero-order valence-electron chi connectivity index (χ0n) is 22.5. The van der Waals surface area contributed by atoms with Gasteiger partial charge in [0.05, 0.1) is 16.7 Å². The van der Waals surface area contributed by atoms with E-state index in [-0.39, 0.29) is 0 Å². The Kier molecular flexibility index (Phi) is 4.81. The van der Waals surface area contributed by atoms with Crippen LogP contribution in [0, 0.1) is 5.92 Å². The first kappa shape index (κ1) is 22.9. The van der Waals surface area contributed by atoms with Crippen molar-refractivity contribution in [1.82, 2.24) is 15.0 Å². The third kappa shape index (κ3) is 3.39. The van der Waals surface area contributed by atoms with Crippen LogP contribution in [0.3, 0.4) is 0 Å². The summed E-state index contributed by atoms with van der Waals surface area (Å²) in [5, 5.41) is 7.39. The molecule has 190 valence electrons. The highest BCUT2D eigenvalue weighted by atomic mass is 32.1. The molecule has 4 heterocycles. The van der Waals surface area contributed by atoms with E-state index in [1.807, 2.05) is 23.7 Å². The molecule has 0 radical (unpaired) electrons. The quantitative estimate of drug-likeness (QED) is 0.234.